The van der Waals surface area contributed by atoms with E-state index < -0.39 is 0 Å². The summed E-state index contributed by atoms with van der Waals surface area (Å²) in [6.07, 6.45) is 1.13. The van der Waals surface area contributed by atoms with Crippen LogP contribution in [0.5, 0.6) is 0 Å². The number of hydrogen-bond donors (Lipinski definition) is 1. The Bertz CT molecular complexity index is 251. The molecule has 1 unspecified atom stereocenters. The first-order valence-electron chi connectivity index (χ1n) is 5.71. The third kappa shape index (κ3) is 2.49. The minimum absolute atomic E-state index is 0.110. The van der Waals surface area contributed by atoms with Crippen LogP contribution in [0.1, 0.15) is 20.3 Å². The van der Waals surface area contributed by atoms with Gasteiger partial charge in [-0.15, -0.1) is 0 Å². The van der Waals surface area contributed by atoms with Crippen molar-refractivity contribution in [3.63, 3.8) is 0 Å². The molecule has 0 aliphatic carbocycles. The van der Waals surface area contributed by atoms with Crippen LogP contribution in [0.3, 0.4) is 0 Å². The molecule has 0 aromatic heterocycles. The molecule has 2 aliphatic rings. The molecule has 0 radical (unpaired) electrons. The van der Waals surface area contributed by atoms with Crippen LogP contribution >= 0.6 is 0 Å². The lowest BCUT2D eigenvalue weighted by Crippen LogP contribution is -2.59. The van der Waals surface area contributed by atoms with Crippen molar-refractivity contribution in [2.45, 2.75) is 25.9 Å². The summed E-state index contributed by atoms with van der Waals surface area (Å²) in [5.41, 5.74) is -0.110. The molecule has 4 nitrogen and oxygen atoms in total. The molecule has 1 N–H and O–H groups in total. The van der Waals surface area contributed by atoms with Gasteiger partial charge >= 0.3 is 0 Å². The molecule has 4 heteroatoms. The fourth-order valence-corrected chi connectivity index (χ4v) is 2.07. The van der Waals surface area contributed by atoms with Crippen molar-refractivity contribution in [1.82, 2.24) is 10.2 Å². The molecular weight excluding hydrogens is 192 g/mol. The van der Waals surface area contributed by atoms with Crippen LogP contribution in [0.15, 0.2) is 0 Å². The quantitative estimate of drug-likeness (QED) is 0.728. The zero-order valence-corrected chi connectivity index (χ0v) is 9.58. The van der Waals surface area contributed by atoms with E-state index in [1.165, 1.54) is 0 Å². The van der Waals surface area contributed by atoms with Gasteiger partial charge in [-0.3, -0.25) is 4.79 Å². The summed E-state index contributed by atoms with van der Waals surface area (Å²) >= 11 is 0. The van der Waals surface area contributed by atoms with Crippen molar-refractivity contribution < 1.29 is 9.53 Å². The molecule has 0 spiro atoms. The number of ether oxygens (including phenoxy) is 1. The van der Waals surface area contributed by atoms with E-state index in [1.54, 1.807) is 0 Å². The molecule has 1 amide bonds. The van der Waals surface area contributed by atoms with E-state index in [-0.39, 0.29) is 18.1 Å². The highest BCUT2D eigenvalue weighted by Gasteiger charge is 2.34. The van der Waals surface area contributed by atoms with E-state index in [9.17, 15) is 4.79 Å². The summed E-state index contributed by atoms with van der Waals surface area (Å²) in [4.78, 5) is 13.7. The zero-order valence-electron chi connectivity index (χ0n) is 9.58. The average molecular weight is 212 g/mol. The molecule has 0 aromatic rings. The molecule has 0 saturated carbocycles. The predicted molar refractivity (Wildman–Crippen MR) is 57.6 cm³/mol. The maximum atomic E-state index is 11.8. The molecule has 2 heterocycles. The summed E-state index contributed by atoms with van der Waals surface area (Å²) < 4.78 is 5.62. The summed E-state index contributed by atoms with van der Waals surface area (Å²) in [5, 5.41) is 3.15. The first-order valence-corrected chi connectivity index (χ1v) is 5.71. The summed E-state index contributed by atoms with van der Waals surface area (Å²) in [6.45, 7) is 7.99. The van der Waals surface area contributed by atoms with Crippen LogP contribution in [0.4, 0.5) is 0 Å². The number of nitrogens with one attached hydrogen (secondary N) is 1. The fourth-order valence-electron chi connectivity index (χ4n) is 2.07. The van der Waals surface area contributed by atoms with Gasteiger partial charge in [-0.25, -0.2) is 0 Å². The van der Waals surface area contributed by atoms with Gasteiger partial charge in [0, 0.05) is 26.2 Å². The van der Waals surface area contributed by atoms with Crippen molar-refractivity contribution in [2.24, 2.45) is 5.92 Å². The summed E-state index contributed by atoms with van der Waals surface area (Å²) in [6, 6.07) is 0. The van der Waals surface area contributed by atoms with Gasteiger partial charge in [-0.2, -0.15) is 0 Å². The van der Waals surface area contributed by atoms with Gasteiger partial charge in [0.25, 0.3) is 0 Å². The third-order valence-electron chi connectivity index (χ3n) is 3.32. The van der Waals surface area contributed by atoms with Crippen LogP contribution < -0.4 is 5.32 Å². The predicted octanol–water partition coefficient (Wildman–Crippen LogP) is 0.233. The molecule has 2 aliphatic heterocycles. The van der Waals surface area contributed by atoms with Gasteiger partial charge in [-0.05, 0) is 19.3 Å². The Kier molecular flexibility index (Phi) is 2.98. The van der Waals surface area contributed by atoms with E-state index in [4.69, 9.17) is 4.74 Å². The Labute approximate surface area is 91.0 Å². The van der Waals surface area contributed by atoms with Crippen LogP contribution in [-0.4, -0.2) is 49.2 Å². The molecule has 2 fully saturated rings. The highest BCUT2D eigenvalue weighted by molar-refractivity contribution is 5.77. The van der Waals surface area contributed by atoms with Gasteiger partial charge in [-0.1, -0.05) is 6.92 Å². The van der Waals surface area contributed by atoms with Gasteiger partial charge < -0.3 is 15.0 Å². The SMILES string of the molecule is CC1CCN(C(=O)COC2(C)CNC2)C1. The van der Waals surface area contributed by atoms with Gasteiger partial charge in [0.05, 0.1) is 5.60 Å². The van der Waals surface area contributed by atoms with Crippen LogP contribution in [0, 0.1) is 5.92 Å². The Morgan fingerprint density at radius 1 is 1.60 bits per heavy atom. The smallest absolute Gasteiger partial charge is 0.248 e. The Hall–Kier alpha value is -0.610. The molecule has 1 atom stereocenters. The minimum Gasteiger partial charge on any atom is -0.363 e. The first kappa shape index (κ1) is 10.9. The standard InChI is InChI=1S/C11H20N2O2/c1-9-3-4-13(5-9)10(14)6-15-11(2)7-12-8-11/h9,12H,3-8H2,1-2H3. The van der Waals surface area contributed by atoms with Crippen LogP contribution in [0.2, 0.25) is 0 Å². The van der Waals surface area contributed by atoms with E-state index >= 15 is 0 Å². The van der Waals surface area contributed by atoms with Gasteiger partial charge in [0.15, 0.2) is 0 Å². The lowest BCUT2D eigenvalue weighted by molar-refractivity contribution is -0.145. The topological polar surface area (TPSA) is 41.6 Å². The molecule has 2 saturated heterocycles. The number of hydrogen-bond acceptors (Lipinski definition) is 3. The van der Waals surface area contributed by atoms with Gasteiger partial charge in [0.2, 0.25) is 5.91 Å². The van der Waals surface area contributed by atoms with E-state index in [1.807, 2.05) is 11.8 Å². The monoisotopic (exact) mass is 212 g/mol. The zero-order chi connectivity index (χ0) is 10.9. The molecule has 15 heavy (non-hydrogen) atoms. The second-order valence-corrected chi connectivity index (χ2v) is 5.08. The number of amides is 1. The normalized spacial score (nSPS) is 28.9. The van der Waals surface area contributed by atoms with Crippen molar-refractivity contribution in [1.29, 1.82) is 0 Å². The average Bonchev–Trinajstić information content (AvgIpc) is 2.58. The van der Waals surface area contributed by atoms with Crippen molar-refractivity contribution >= 4 is 5.91 Å². The van der Waals surface area contributed by atoms with E-state index in [0.29, 0.717) is 5.92 Å². The van der Waals surface area contributed by atoms with Crippen molar-refractivity contribution in [3.05, 3.63) is 0 Å². The van der Waals surface area contributed by atoms with E-state index in [2.05, 4.69) is 12.2 Å². The highest BCUT2D eigenvalue weighted by atomic mass is 16.5. The number of carbonyl (C=O) groups excluding carboxylic acids is 1. The number of likely N-dealkylation sites (tertiary alicyclic amines) is 1. The Morgan fingerprint density at radius 3 is 2.80 bits per heavy atom. The number of carbonyl (C=O) groups is 1. The van der Waals surface area contributed by atoms with Crippen molar-refractivity contribution in [2.75, 3.05) is 32.8 Å². The van der Waals surface area contributed by atoms with Crippen LogP contribution in [0.25, 0.3) is 0 Å². The third-order valence-corrected chi connectivity index (χ3v) is 3.32. The lowest BCUT2D eigenvalue weighted by atomic mass is 10.0. The fraction of sp³-hybridized carbons (Fsp3) is 0.909. The molecule has 0 bridgehead atoms. The maximum Gasteiger partial charge on any atom is 0.248 e. The molecule has 0 aromatic carbocycles. The minimum atomic E-state index is -0.110. The number of nitrogens with zero attached hydrogens (tertiary/aromatic N) is 1. The maximum absolute atomic E-state index is 11.8. The molecule has 86 valence electrons. The van der Waals surface area contributed by atoms with Crippen LogP contribution in [-0.2, 0) is 9.53 Å². The second kappa shape index (κ2) is 4.10. The molecular formula is C11H20N2O2. The van der Waals surface area contributed by atoms with Gasteiger partial charge in [0.1, 0.15) is 6.61 Å². The summed E-state index contributed by atoms with van der Waals surface area (Å²) in [7, 11) is 0. The lowest BCUT2D eigenvalue weighted by Gasteiger charge is -2.39. The Morgan fingerprint density at radius 2 is 2.33 bits per heavy atom. The summed E-state index contributed by atoms with van der Waals surface area (Å²) in [5.74, 6) is 0.794. The first-order chi connectivity index (χ1) is 7.09. The Balaban J connectivity index is 1.72. The van der Waals surface area contributed by atoms with Crippen molar-refractivity contribution in [3.8, 4) is 0 Å². The second-order valence-electron chi connectivity index (χ2n) is 5.08. The molecule has 2 rings (SSSR count). The number of rotatable bonds is 3. The highest BCUT2D eigenvalue weighted by Crippen LogP contribution is 2.18. The largest absolute Gasteiger partial charge is 0.363 e. The van der Waals surface area contributed by atoms with E-state index in [0.717, 1.165) is 32.6 Å².